The van der Waals surface area contributed by atoms with Crippen molar-refractivity contribution in [3.63, 3.8) is 0 Å². The molecule has 0 atom stereocenters. The van der Waals surface area contributed by atoms with E-state index < -0.39 is 10.5 Å². The van der Waals surface area contributed by atoms with E-state index in [1.54, 1.807) is 4.90 Å². The molecule has 0 aliphatic carbocycles. The molecule has 8 heteroatoms. The summed E-state index contributed by atoms with van der Waals surface area (Å²) in [5.74, 6) is 0.634. The van der Waals surface area contributed by atoms with E-state index in [9.17, 15) is 15.2 Å². The number of β-amino-alcohol motifs (C(OH)–C–C–N with tert-alkyl or cyclic N) is 1. The zero-order valence-corrected chi connectivity index (χ0v) is 11.7. The predicted octanol–water partition coefficient (Wildman–Crippen LogP) is 1.08. The number of methoxy groups -OCH3 is 2. The van der Waals surface area contributed by atoms with E-state index in [0.29, 0.717) is 11.4 Å². The molecule has 0 unspecified atom stereocenters. The Kier molecular flexibility index (Phi) is 3.86. The molecule has 0 radical (unpaired) electrons. The lowest BCUT2D eigenvalue weighted by molar-refractivity contribution is -0.384. The van der Waals surface area contributed by atoms with Gasteiger partial charge >= 0.3 is 0 Å². The van der Waals surface area contributed by atoms with Crippen LogP contribution in [0.1, 0.15) is 6.42 Å². The molecule has 112 valence electrons. The van der Waals surface area contributed by atoms with Crippen molar-refractivity contribution in [2.24, 2.45) is 0 Å². The van der Waals surface area contributed by atoms with Gasteiger partial charge in [0.05, 0.1) is 37.7 Å². The van der Waals surface area contributed by atoms with Crippen LogP contribution in [0.25, 0.3) is 0 Å². The van der Waals surface area contributed by atoms with E-state index >= 15 is 0 Å². The lowest BCUT2D eigenvalue weighted by Crippen LogP contribution is -2.61. The molecular weight excluding hydrogens is 278 g/mol. The second-order valence-corrected chi connectivity index (χ2v) is 4.87. The van der Waals surface area contributed by atoms with E-state index in [2.05, 4.69) is 0 Å². The van der Waals surface area contributed by atoms with Crippen molar-refractivity contribution in [3.05, 3.63) is 22.2 Å². The summed E-state index contributed by atoms with van der Waals surface area (Å²) < 4.78 is 10.2. The van der Waals surface area contributed by atoms with Gasteiger partial charge in [-0.1, -0.05) is 0 Å². The van der Waals surface area contributed by atoms with Crippen LogP contribution in [-0.2, 0) is 0 Å². The third-order valence-corrected chi connectivity index (χ3v) is 3.40. The number of benzene rings is 1. The first kappa shape index (κ1) is 14.9. The molecule has 1 fully saturated rings. The zero-order valence-electron chi connectivity index (χ0n) is 11.7. The molecule has 2 rings (SSSR count). The van der Waals surface area contributed by atoms with Gasteiger partial charge in [0.25, 0.3) is 5.69 Å². The second-order valence-electron chi connectivity index (χ2n) is 4.87. The van der Waals surface area contributed by atoms with Crippen LogP contribution in [0.5, 0.6) is 11.5 Å². The molecule has 1 aromatic rings. The second kappa shape index (κ2) is 5.46. The number of nitriles is 1. The van der Waals surface area contributed by atoms with E-state index in [1.807, 2.05) is 6.07 Å². The summed E-state index contributed by atoms with van der Waals surface area (Å²) in [4.78, 5) is 12.3. The number of hydrogen-bond acceptors (Lipinski definition) is 7. The van der Waals surface area contributed by atoms with Crippen molar-refractivity contribution in [1.82, 2.24) is 0 Å². The highest BCUT2D eigenvalue weighted by molar-refractivity contribution is 5.71. The minimum atomic E-state index is -1.12. The van der Waals surface area contributed by atoms with Gasteiger partial charge in [-0.3, -0.25) is 10.1 Å². The largest absolute Gasteiger partial charge is 0.493 e. The number of nitro groups is 1. The van der Waals surface area contributed by atoms with Gasteiger partial charge in [-0.15, -0.1) is 0 Å². The van der Waals surface area contributed by atoms with Crippen LogP contribution in [0, 0.1) is 21.4 Å². The summed E-state index contributed by atoms with van der Waals surface area (Å²) in [5.41, 5.74) is -0.914. The molecule has 1 heterocycles. The number of nitrogens with zero attached hydrogens (tertiary/aromatic N) is 3. The minimum absolute atomic E-state index is 0.00934. The number of nitro benzene ring substituents is 1. The van der Waals surface area contributed by atoms with Crippen LogP contribution in [0.15, 0.2) is 12.1 Å². The first-order chi connectivity index (χ1) is 9.94. The van der Waals surface area contributed by atoms with Gasteiger partial charge in [0.15, 0.2) is 11.5 Å². The molecule has 1 aliphatic heterocycles. The van der Waals surface area contributed by atoms with Crippen LogP contribution in [0.2, 0.25) is 0 Å². The average molecular weight is 293 g/mol. The fraction of sp³-hybridized carbons (Fsp3) is 0.462. The standard InChI is InChI=1S/C13H15N3O5/c1-20-11-5-9(10(16(18)19)6-12(11)21-2)15-7-13(17,8-15)3-4-14/h5-6,17H,3,7-8H2,1-2H3. The summed E-state index contributed by atoms with van der Waals surface area (Å²) in [6, 6.07) is 4.70. The number of rotatable bonds is 5. The Morgan fingerprint density at radius 2 is 2.00 bits per heavy atom. The highest BCUT2D eigenvalue weighted by atomic mass is 16.6. The smallest absolute Gasteiger partial charge is 0.296 e. The predicted molar refractivity (Wildman–Crippen MR) is 73.6 cm³/mol. The minimum Gasteiger partial charge on any atom is -0.493 e. The van der Waals surface area contributed by atoms with Crippen LogP contribution >= 0.6 is 0 Å². The normalized spacial score (nSPS) is 15.8. The topological polar surface area (TPSA) is 109 Å². The van der Waals surface area contributed by atoms with Crippen molar-refractivity contribution in [2.75, 3.05) is 32.2 Å². The molecule has 8 nitrogen and oxygen atoms in total. The third-order valence-electron chi connectivity index (χ3n) is 3.40. The highest BCUT2D eigenvalue weighted by Crippen LogP contribution is 2.42. The lowest BCUT2D eigenvalue weighted by Gasteiger charge is -2.46. The Balaban J connectivity index is 2.36. The van der Waals surface area contributed by atoms with Crippen molar-refractivity contribution in [2.45, 2.75) is 12.0 Å². The summed E-state index contributed by atoms with van der Waals surface area (Å²) in [7, 11) is 2.84. The molecule has 0 aromatic heterocycles. The summed E-state index contributed by atoms with van der Waals surface area (Å²) in [6.45, 7) is 0.327. The van der Waals surface area contributed by atoms with Gasteiger partial charge in [0.2, 0.25) is 0 Å². The molecule has 21 heavy (non-hydrogen) atoms. The maximum atomic E-state index is 11.2. The molecular formula is C13H15N3O5. The molecule has 1 saturated heterocycles. The molecule has 1 aromatic carbocycles. The van der Waals surface area contributed by atoms with E-state index in [-0.39, 0.29) is 30.9 Å². The molecule has 0 spiro atoms. The Morgan fingerprint density at radius 3 is 2.48 bits per heavy atom. The SMILES string of the molecule is COc1cc(N2CC(O)(CC#N)C2)c([N+](=O)[O-])cc1OC. The van der Waals surface area contributed by atoms with E-state index in [0.717, 1.165) is 0 Å². The Hall–Kier alpha value is -2.53. The van der Waals surface area contributed by atoms with Crippen LogP contribution in [0.4, 0.5) is 11.4 Å². The molecule has 0 saturated carbocycles. The van der Waals surface area contributed by atoms with E-state index in [1.165, 1.54) is 26.4 Å². The van der Waals surface area contributed by atoms with Crippen LogP contribution < -0.4 is 14.4 Å². The van der Waals surface area contributed by atoms with Crippen molar-refractivity contribution in [3.8, 4) is 17.6 Å². The van der Waals surface area contributed by atoms with Gasteiger partial charge in [-0.2, -0.15) is 5.26 Å². The maximum absolute atomic E-state index is 11.2. The number of aliphatic hydroxyl groups is 1. The summed E-state index contributed by atoms with van der Waals surface area (Å²) in [6.07, 6.45) is -0.00934. The van der Waals surface area contributed by atoms with Crippen molar-refractivity contribution in [1.29, 1.82) is 5.26 Å². The third kappa shape index (κ3) is 2.68. The first-order valence-corrected chi connectivity index (χ1v) is 6.19. The average Bonchev–Trinajstić information content (AvgIpc) is 2.43. The number of anilines is 1. The van der Waals surface area contributed by atoms with Gasteiger partial charge < -0.3 is 19.5 Å². The fourth-order valence-corrected chi connectivity index (χ4v) is 2.35. The Morgan fingerprint density at radius 1 is 1.43 bits per heavy atom. The van der Waals surface area contributed by atoms with E-state index in [4.69, 9.17) is 14.7 Å². The Labute approximate surface area is 121 Å². The summed E-state index contributed by atoms with van der Waals surface area (Å²) >= 11 is 0. The Bertz CT molecular complexity index is 605. The van der Waals surface area contributed by atoms with Crippen LogP contribution in [-0.4, -0.2) is 42.9 Å². The fourth-order valence-electron chi connectivity index (χ4n) is 2.35. The van der Waals surface area contributed by atoms with Gasteiger partial charge in [-0.25, -0.2) is 0 Å². The van der Waals surface area contributed by atoms with Crippen molar-refractivity contribution < 1.29 is 19.5 Å². The van der Waals surface area contributed by atoms with Gasteiger partial charge in [0, 0.05) is 19.2 Å². The molecule has 1 aliphatic rings. The first-order valence-electron chi connectivity index (χ1n) is 6.19. The summed E-state index contributed by atoms with van der Waals surface area (Å²) in [5, 5.41) is 29.8. The number of ether oxygens (including phenoxy) is 2. The maximum Gasteiger partial charge on any atom is 0.296 e. The highest BCUT2D eigenvalue weighted by Gasteiger charge is 2.43. The van der Waals surface area contributed by atoms with Crippen molar-refractivity contribution >= 4 is 11.4 Å². The van der Waals surface area contributed by atoms with Crippen LogP contribution in [0.3, 0.4) is 0 Å². The monoisotopic (exact) mass is 293 g/mol. The molecule has 1 N–H and O–H groups in total. The molecule has 0 amide bonds. The molecule has 0 bridgehead atoms. The number of hydrogen-bond donors (Lipinski definition) is 1. The van der Waals surface area contributed by atoms with Gasteiger partial charge in [0.1, 0.15) is 11.3 Å². The zero-order chi connectivity index (χ0) is 15.6. The quantitative estimate of drug-likeness (QED) is 0.639. The lowest BCUT2D eigenvalue weighted by atomic mass is 9.90. The van der Waals surface area contributed by atoms with Gasteiger partial charge in [-0.05, 0) is 0 Å².